The van der Waals surface area contributed by atoms with E-state index < -0.39 is 7.14 Å². The highest BCUT2D eigenvalue weighted by Crippen LogP contribution is 2.61. The van der Waals surface area contributed by atoms with Crippen LogP contribution in [0.25, 0.3) is 0 Å². The minimum absolute atomic E-state index is 0.271. The van der Waals surface area contributed by atoms with Gasteiger partial charge in [0.2, 0.25) is 0 Å². The highest BCUT2D eigenvalue weighted by molar-refractivity contribution is 7.63. The van der Waals surface area contributed by atoms with E-state index in [4.69, 9.17) is 9.47 Å². The van der Waals surface area contributed by atoms with Crippen LogP contribution < -0.4 is 0 Å². The van der Waals surface area contributed by atoms with Gasteiger partial charge >= 0.3 is 0 Å². The van der Waals surface area contributed by atoms with E-state index in [1.165, 1.54) is 180 Å². The Morgan fingerprint density at radius 3 is 1.36 bits per heavy atom. The summed E-state index contributed by atoms with van der Waals surface area (Å²) in [7, 11) is -1.89. The Hall–Kier alpha value is -0.890. The van der Waals surface area contributed by atoms with Crippen LogP contribution in [0.5, 0.6) is 0 Å². The monoisotopic (exact) mass is 797 g/mol. The molecule has 324 valence electrons. The van der Waals surface area contributed by atoms with Crippen LogP contribution in [0.3, 0.4) is 0 Å². The van der Waals surface area contributed by atoms with Gasteiger partial charge in [-0.05, 0) is 120 Å². The van der Waals surface area contributed by atoms with E-state index in [2.05, 4.69) is 69.4 Å². The summed E-state index contributed by atoms with van der Waals surface area (Å²) < 4.78 is 26.2. The average molecular weight is 797 g/mol. The summed E-state index contributed by atoms with van der Waals surface area (Å²) in [5, 5.41) is 0. The third-order valence-electron chi connectivity index (χ3n) is 13.5. The van der Waals surface area contributed by atoms with Gasteiger partial charge in [-0.3, -0.25) is 0 Å². The fraction of sp³-hybridized carbons (Fsp3) is 0.846. The van der Waals surface area contributed by atoms with E-state index in [0.29, 0.717) is 17.6 Å². The first kappa shape index (κ1) is 49.5. The third kappa shape index (κ3) is 21.4. The van der Waals surface area contributed by atoms with Crippen molar-refractivity contribution in [1.29, 1.82) is 0 Å². The van der Waals surface area contributed by atoms with Crippen molar-refractivity contribution in [1.82, 2.24) is 0 Å². The van der Waals surface area contributed by atoms with Crippen LogP contribution in [0.4, 0.5) is 0 Å². The molecule has 0 aromatic rings. The minimum Gasteiger partial charge on any atom is -0.344 e. The fourth-order valence-electron chi connectivity index (χ4n) is 9.87. The second-order valence-corrected chi connectivity index (χ2v) is 22.6. The smallest absolute Gasteiger partial charge is 0.170 e. The van der Waals surface area contributed by atoms with E-state index >= 15 is 0 Å². The van der Waals surface area contributed by atoms with Crippen molar-refractivity contribution in [3.05, 3.63) is 48.6 Å². The molecule has 4 atom stereocenters. The van der Waals surface area contributed by atoms with Gasteiger partial charge in [0.15, 0.2) is 5.79 Å². The largest absolute Gasteiger partial charge is 0.344 e. The minimum atomic E-state index is -1.89. The molecular formula is C52H93O3P. The fourth-order valence-corrected chi connectivity index (χ4v) is 11.1. The van der Waals surface area contributed by atoms with Crippen LogP contribution in [0.15, 0.2) is 48.6 Å². The zero-order valence-electron chi connectivity index (χ0n) is 37.8. The number of rotatable bonds is 36. The molecule has 4 heteroatoms. The molecule has 0 amide bonds. The number of hydrogen-bond acceptors (Lipinski definition) is 3. The molecule has 2 aliphatic carbocycles. The normalized spacial score (nSPS) is 22.7. The maximum atomic E-state index is 12.5. The molecule has 0 N–H and O–H groups in total. The van der Waals surface area contributed by atoms with Crippen molar-refractivity contribution in [2.45, 2.75) is 251 Å². The van der Waals surface area contributed by atoms with Crippen molar-refractivity contribution in [2.24, 2.45) is 11.3 Å². The SMILES string of the molecule is CCCCC/C=C\C/C=C\CCCCCCCCC1(CCCCCCCC/C=C\C/C=C\CCCCC)CC2(C1)O[C@H]1CC(CCCCP(C)(=O)CC)C[C@H]1O2. The Labute approximate surface area is 349 Å². The van der Waals surface area contributed by atoms with Gasteiger partial charge in [0.25, 0.3) is 0 Å². The molecule has 0 aromatic heterocycles. The summed E-state index contributed by atoms with van der Waals surface area (Å²) in [5.41, 5.74) is 0.440. The summed E-state index contributed by atoms with van der Waals surface area (Å²) in [6.07, 6.45) is 64.0. The van der Waals surface area contributed by atoms with Crippen LogP contribution in [0.2, 0.25) is 0 Å². The summed E-state index contributed by atoms with van der Waals surface area (Å²) in [6, 6.07) is 0. The van der Waals surface area contributed by atoms with Crippen molar-refractivity contribution in [3.63, 3.8) is 0 Å². The molecule has 3 nitrogen and oxygen atoms in total. The number of allylic oxidation sites excluding steroid dienone is 8. The number of fused-ring (bicyclic) bond motifs is 1. The maximum Gasteiger partial charge on any atom is 0.170 e. The lowest BCUT2D eigenvalue weighted by molar-refractivity contribution is -0.281. The zero-order chi connectivity index (χ0) is 40.1. The summed E-state index contributed by atoms with van der Waals surface area (Å²) >= 11 is 0. The van der Waals surface area contributed by atoms with Crippen LogP contribution in [-0.4, -0.2) is 37.0 Å². The molecule has 2 saturated carbocycles. The van der Waals surface area contributed by atoms with E-state index in [1.54, 1.807) is 0 Å². The lowest BCUT2D eigenvalue weighted by atomic mass is 9.59. The van der Waals surface area contributed by atoms with Crippen LogP contribution in [-0.2, 0) is 14.0 Å². The molecule has 56 heavy (non-hydrogen) atoms. The molecule has 1 aliphatic heterocycles. The number of hydrogen-bond donors (Lipinski definition) is 0. The predicted molar refractivity (Wildman–Crippen MR) is 248 cm³/mol. The summed E-state index contributed by atoms with van der Waals surface area (Å²) in [5.74, 6) is 0.453. The molecular weight excluding hydrogens is 704 g/mol. The highest BCUT2D eigenvalue weighted by atomic mass is 31.2. The van der Waals surface area contributed by atoms with E-state index in [1.807, 2.05) is 6.66 Å². The van der Waals surface area contributed by atoms with Gasteiger partial charge in [-0.1, -0.05) is 172 Å². The Morgan fingerprint density at radius 1 is 0.518 bits per heavy atom. The van der Waals surface area contributed by atoms with Crippen LogP contribution >= 0.6 is 7.14 Å². The van der Waals surface area contributed by atoms with Crippen molar-refractivity contribution < 1.29 is 14.0 Å². The maximum absolute atomic E-state index is 12.5. The molecule has 2 unspecified atom stereocenters. The Morgan fingerprint density at radius 2 is 0.929 bits per heavy atom. The van der Waals surface area contributed by atoms with Crippen LogP contribution in [0.1, 0.15) is 233 Å². The van der Waals surface area contributed by atoms with Gasteiger partial charge in [0, 0.05) is 19.0 Å². The van der Waals surface area contributed by atoms with Gasteiger partial charge in [-0.15, -0.1) is 0 Å². The average Bonchev–Trinajstić information content (AvgIpc) is 3.72. The standard InChI is InChI=1S/C52H93O3P/c1-5-8-10-12-14-16-18-20-22-24-26-28-30-32-34-37-41-51(42-38-35-33-31-29-27-25-23-21-19-17-15-13-11-9-6-2)46-52(47-51)54-49-44-48(45-50(49)55-52)40-36-39-43-56(4,53)7-3/h14-17,20-23,48-50H,5-13,18-19,24-47H2,1-4H3/b16-14-,17-15-,22-20-,23-21-/t48?,49-,50+,56?. The lowest BCUT2D eigenvalue weighted by Gasteiger charge is -2.54. The zero-order valence-corrected chi connectivity index (χ0v) is 38.7. The number of ether oxygens (including phenoxy) is 2. The van der Waals surface area contributed by atoms with Crippen LogP contribution in [0, 0.1) is 11.3 Å². The molecule has 3 rings (SSSR count). The lowest BCUT2D eigenvalue weighted by Crippen LogP contribution is -2.53. The van der Waals surface area contributed by atoms with Gasteiger partial charge < -0.3 is 14.0 Å². The van der Waals surface area contributed by atoms with E-state index in [9.17, 15) is 4.57 Å². The molecule has 0 radical (unpaired) electrons. The van der Waals surface area contributed by atoms with Crippen molar-refractivity contribution in [2.75, 3.05) is 19.0 Å². The Balaban J connectivity index is 1.30. The third-order valence-corrected chi connectivity index (χ3v) is 16.1. The quantitative estimate of drug-likeness (QED) is 0.0360. The highest BCUT2D eigenvalue weighted by Gasteiger charge is 2.62. The molecule has 3 aliphatic rings. The summed E-state index contributed by atoms with van der Waals surface area (Å²) in [4.78, 5) is 0. The molecule has 1 spiro atoms. The van der Waals surface area contributed by atoms with Gasteiger partial charge in [-0.25, -0.2) is 0 Å². The first-order valence-corrected chi connectivity index (χ1v) is 27.4. The first-order chi connectivity index (χ1) is 27.3. The topological polar surface area (TPSA) is 35.5 Å². The number of unbranched alkanes of at least 4 members (excludes halogenated alkanes) is 19. The molecule has 1 heterocycles. The first-order valence-electron chi connectivity index (χ1n) is 24.9. The molecule has 1 saturated heterocycles. The Bertz CT molecular complexity index is 1060. The second kappa shape index (κ2) is 30.2. The predicted octanol–water partition coefficient (Wildman–Crippen LogP) is 17.2. The van der Waals surface area contributed by atoms with Crippen molar-refractivity contribution >= 4 is 7.14 Å². The molecule has 0 bridgehead atoms. The molecule has 0 aromatic carbocycles. The van der Waals surface area contributed by atoms with Crippen molar-refractivity contribution in [3.8, 4) is 0 Å². The van der Waals surface area contributed by atoms with E-state index in [-0.39, 0.29) is 5.79 Å². The Kier molecular flexibility index (Phi) is 26.7. The summed E-state index contributed by atoms with van der Waals surface area (Å²) in [6.45, 7) is 8.61. The van der Waals surface area contributed by atoms with E-state index in [0.717, 1.165) is 50.3 Å². The second-order valence-electron chi connectivity index (χ2n) is 18.9. The molecule has 3 fully saturated rings. The van der Waals surface area contributed by atoms with Gasteiger partial charge in [0.1, 0.15) is 0 Å². The van der Waals surface area contributed by atoms with Gasteiger partial charge in [-0.2, -0.15) is 0 Å². The van der Waals surface area contributed by atoms with Gasteiger partial charge in [0.05, 0.1) is 19.3 Å².